The maximum absolute atomic E-state index is 11.8. The highest BCUT2D eigenvalue weighted by Crippen LogP contribution is 2.26. The molecule has 0 spiro atoms. The molecule has 1 aromatic carbocycles. The lowest BCUT2D eigenvalue weighted by molar-refractivity contribution is 0.245. The van der Waals surface area contributed by atoms with Crippen molar-refractivity contribution in [1.29, 1.82) is 0 Å². The molecule has 0 aliphatic carbocycles. The van der Waals surface area contributed by atoms with Crippen molar-refractivity contribution in [3.63, 3.8) is 0 Å². The first-order valence-electron chi connectivity index (χ1n) is 6.40. The van der Waals surface area contributed by atoms with Gasteiger partial charge in [-0.3, -0.25) is 4.57 Å². The summed E-state index contributed by atoms with van der Waals surface area (Å²) in [5, 5.41) is 3.55. The van der Waals surface area contributed by atoms with Gasteiger partial charge in [0.15, 0.2) is 0 Å². The Bertz CT molecular complexity index is 810. The zero-order chi connectivity index (χ0) is 14.8. The van der Waals surface area contributed by atoms with E-state index in [2.05, 4.69) is 10.3 Å². The molecule has 3 N–H and O–H groups in total. The fraction of sp³-hybridized carbons (Fsp3) is 0.0667. The number of carbonyl (C=O) groups excluding carboxylic acids is 1. The van der Waals surface area contributed by atoms with Crippen LogP contribution in [0.4, 0.5) is 10.6 Å². The molecule has 2 heterocycles. The average Bonchev–Trinajstić information content (AvgIpc) is 2.89. The van der Waals surface area contributed by atoms with Crippen LogP contribution in [0, 0.1) is 0 Å². The molecular weight excluding hydrogens is 268 g/mol. The molecule has 6 nitrogen and oxygen atoms in total. The standard InChI is InChI=1S/C15H14N4O2/c1-17-15(20)19-7-5-10-2-3-11(8-13(10)19)21-12-4-6-18-14(16)9-12/h2-9H,1H3,(H2,16,18)(H,17,20). The number of anilines is 1. The summed E-state index contributed by atoms with van der Waals surface area (Å²) >= 11 is 0. The van der Waals surface area contributed by atoms with Gasteiger partial charge in [0.1, 0.15) is 17.3 Å². The molecule has 0 aliphatic rings. The SMILES string of the molecule is CNC(=O)n1ccc2ccc(Oc3ccnc(N)c3)cc21. The maximum atomic E-state index is 11.8. The van der Waals surface area contributed by atoms with E-state index in [1.807, 2.05) is 18.2 Å². The number of rotatable bonds is 2. The smallest absolute Gasteiger partial charge is 0.325 e. The molecule has 3 aromatic rings. The first-order chi connectivity index (χ1) is 10.2. The predicted octanol–water partition coefficient (Wildman–Crippen LogP) is 2.60. The third kappa shape index (κ3) is 2.51. The third-order valence-corrected chi connectivity index (χ3v) is 3.09. The van der Waals surface area contributed by atoms with E-state index in [0.717, 1.165) is 10.9 Å². The molecule has 21 heavy (non-hydrogen) atoms. The van der Waals surface area contributed by atoms with Gasteiger partial charge in [-0.2, -0.15) is 0 Å². The normalized spacial score (nSPS) is 10.5. The van der Waals surface area contributed by atoms with E-state index in [-0.39, 0.29) is 6.03 Å². The van der Waals surface area contributed by atoms with Crippen LogP contribution in [-0.2, 0) is 0 Å². The Morgan fingerprint density at radius 1 is 1.24 bits per heavy atom. The molecule has 0 atom stereocenters. The van der Waals surface area contributed by atoms with Crippen LogP contribution in [0.2, 0.25) is 0 Å². The van der Waals surface area contributed by atoms with Crippen LogP contribution in [0.15, 0.2) is 48.8 Å². The summed E-state index contributed by atoms with van der Waals surface area (Å²) in [5.41, 5.74) is 6.39. The summed E-state index contributed by atoms with van der Waals surface area (Å²) in [5.74, 6) is 1.61. The number of nitrogens with zero attached hydrogens (tertiary/aromatic N) is 2. The average molecular weight is 282 g/mol. The summed E-state index contributed by atoms with van der Waals surface area (Å²) in [4.78, 5) is 15.7. The van der Waals surface area contributed by atoms with E-state index in [9.17, 15) is 4.79 Å². The van der Waals surface area contributed by atoms with E-state index in [4.69, 9.17) is 10.5 Å². The molecule has 2 aromatic heterocycles. The largest absolute Gasteiger partial charge is 0.457 e. The molecule has 106 valence electrons. The number of nitrogens with two attached hydrogens (primary N) is 1. The van der Waals surface area contributed by atoms with Crippen molar-refractivity contribution in [2.75, 3.05) is 12.8 Å². The van der Waals surface area contributed by atoms with E-state index < -0.39 is 0 Å². The molecule has 3 rings (SSSR count). The first-order valence-corrected chi connectivity index (χ1v) is 6.40. The zero-order valence-electron chi connectivity index (χ0n) is 11.4. The van der Waals surface area contributed by atoms with E-state index >= 15 is 0 Å². The number of amides is 1. The number of carbonyl (C=O) groups is 1. The molecule has 6 heteroatoms. The molecule has 0 bridgehead atoms. The van der Waals surface area contributed by atoms with Crippen LogP contribution in [-0.4, -0.2) is 22.6 Å². The van der Waals surface area contributed by atoms with E-state index in [1.165, 1.54) is 4.57 Å². The van der Waals surface area contributed by atoms with Crippen LogP contribution < -0.4 is 15.8 Å². The molecule has 0 radical (unpaired) electrons. The highest BCUT2D eigenvalue weighted by molar-refractivity contribution is 5.92. The van der Waals surface area contributed by atoms with Crippen molar-refractivity contribution in [2.24, 2.45) is 0 Å². The lowest BCUT2D eigenvalue weighted by Crippen LogP contribution is -2.23. The van der Waals surface area contributed by atoms with Crippen molar-refractivity contribution < 1.29 is 9.53 Å². The zero-order valence-corrected chi connectivity index (χ0v) is 11.4. The number of nitrogen functional groups attached to an aromatic ring is 1. The second-order valence-electron chi connectivity index (χ2n) is 4.48. The Morgan fingerprint density at radius 3 is 2.81 bits per heavy atom. The van der Waals surface area contributed by atoms with Crippen LogP contribution >= 0.6 is 0 Å². The van der Waals surface area contributed by atoms with Crippen molar-refractivity contribution in [2.45, 2.75) is 0 Å². The van der Waals surface area contributed by atoms with Gasteiger partial charge in [0, 0.05) is 37.0 Å². The first kappa shape index (κ1) is 13.0. The molecule has 0 aliphatic heterocycles. The quantitative estimate of drug-likeness (QED) is 0.757. The third-order valence-electron chi connectivity index (χ3n) is 3.09. The monoisotopic (exact) mass is 282 g/mol. The number of ether oxygens (including phenoxy) is 1. The highest BCUT2D eigenvalue weighted by atomic mass is 16.5. The van der Waals surface area contributed by atoms with Gasteiger partial charge in [0.25, 0.3) is 0 Å². The van der Waals surface area contributed by atoms with Gasteiger partial charge in [-0.25, -0.2) is 9.78 Å². The van der Waals surface area contributed by atoms with Gasteiger partial charge in [-0.1, -0.05) is 0 Å². The number of hydrogen-bond acceptors (Lipinski definition) is 4. The lowest BCUT2D eigenvalue weighted by atomic mass is 10.2. The Kier molecular flexibility index (Phi) is 3.19. The summed E-state index contributed by atoms with van der Waals surface area (Å²) in [7, 11) is 1.59. The topological polar surface area (TPSA) is 82.2 Å². The summed E-state index contributed by atoms with van der Waals surface area (Å²) < 4.78 is 7.27. The van der Waals surface area contributed by atoms with Crippen LogP contribution in [0.3, 0.4) is 0 Å². The van der Waals surface area contributed by atoms with Gasteiger partial charge >= 0.3 is 6.03 Å². The molecule has 0 saturated carbocycles. The minimum absolute atomic E-state index is 0.199. The summed E-state index contributed by atoms with van der Waals surface area (Å²) in [6, 6.07) is 10.6. The number of hydrogen-bond donors (Lipinski definition) is 2. The fourth-order valence-corrected chi connectivity index (χ4v) is 2.10. The van der Waals surface area contributed by atoms with Gasteiger partial charge in [-0.15, -0.1) is 0 Å². The molecule has 0 unspecified atom stereocenters. The van der Waals surface area contributed by atoms with Crippen LogP contribution in [0.5, 0.6) is 11.5 Å². The van der Waals surface area contributed by atoms with Crippen molar-refractivity contribution >= 4 is 22.8 Å². The predicted molar refractivity (Wildman–Crippen MR) is 80.5 cm³/mol. The Morgan fingerprint density at radius 2 is 2.05 bits per heavy atom. The van der Waals surface area contributed by atoms with Crippen molar-refractivity contribution in [3.05, 3.63) is 48.8 Å². The van der Waals surface area contributed by atoms with Crippen molar-refractivity contribution in [3.8, 4) is 11.5 Å². The second kappa shape index (κ2) is 5.16. The summed E-state index contributed by atoms with van der Waals surface area (Å²) in [6.45, 7) is 0. The molecular formula is C15H14N4O2. The number of aromatic nitrogens is 2. The maximum Gasteiger partial charge on any atom is 0.325 e. The number of fused-ring (bicyclic) bond motifs is 1. The Labute approximate surface area is 121 Å². The minimum Gasteiger partial charge on any atom is -0.457 e. The van der Waals surface area contributed by atoms with E-state index in [0.29, 0.717) is 17.3 Å². The molecule has 0 fully saturated rings. The van der Waals surface area contributed by atoms with Gasteiger partial charge in [-0.05, 0) is 24.3 Å². The van der Waals surface area contributed by atoms with Gasteiger partial charge < -0.3 is 15.8 Å². The number of nitrogens with one attached hydrogen (secondary N) is 1. The lowest BCUT2D eigenvalue weighted by Gasteiger charge is -2.07. The van der Waals surface area contributed by atoms with Gasteiger partial charge in [0.2, 0.25) is 0 Å². The number of pyridine rings is 1. The number of benzene rings is 1. The second-order valence-corrected chi connectivity index (χ2v) is 4.48. The van der Waals surface area contributed by atoms with Crippen LogP contribution in [0.1, 0.15) is 0 Å². The minimum atomic E-state index is -0.199. The Balaban J connectivity index is 1.98. The Hall–Kier alpha value is -3.02. The van der Waals surface area contributed by atoms with Crippen LogP contribution in [0.25, 0.3) is 10.9 Å². The molecule has 0 saturated heterocycles. The molecule has 1 amide bonds. The fourth-order valence-electron chi connectivity index (χ4n) is 2.10. The summed E-state index contributed by atoms with van der Waals surface area (Å²) in [6.07, 6.45) is 3.30. The van der Waals surface area contributed by atoms with Gasteiger partial charge in [0.05, 0.1) is 5.52 Å². The van der Waals surface area contributed by atoms with E-state index in [1.54, 1.807) is 37.6 Å². The highest BCUT2D eigenvalue weighted by Gasteiger charge is 2.08. The van der Waals surface area contributed by atoms with Crippen molar-refractivity contribution in [1.82, 2.24) is 14.9 Å².